The highest BCUT2D eigenvalue weighted by molar-refractivity contribution is 9.11. The van der Waals surface area contributed by atoms with E-state index in [1.54, 1.807) is 13.8 Å². The molecular weight excluding hydrogens is 250 g/mol. The second-order valence-corrected chi connectivity index (χ2v) is 3.31. The molecule has 0 fully saturated rings. The maximum Gasteiger partial charge on any atom is 0.333 e. The number of carbonyl (C=O) groups is 1. The standard InChI is InChI=1S/C8H14BrN3O2/c1-3-14-8(13)5(2)4-6(9)7(10)12-11/h4,12H,3,10-11H2,1-2H3/b5-4+,7-6+. The highest BCUT2D eigenvalue weighted by Gasteiger charge is 2.05. The van der Waals surface area contributed by atoms with Crippen molar-refractivity contribution in [2.75, 3.05) is 6.61 Å². The lowest BCUT2D eigenvalue weighted by Crippen LogP contribution is -2.27. The van der Waals surface area contributed by atoms with Crippen LogP contribution in [0.2, 0.25) is 0 Å². The predicted molar refractivity (Wildman–Crippen MR) is 57.9 cm³/mol. The Kier molecular flexibility index (Phi) is 5.98. The van der Waals surface area contributed by atoms with Gasteiger partial charge in [0.25, 0.3) is 0 Å². The first kappa shape index (κ1) is 13.0. The number of hydrogen-bond donors (Lipinski definition) is 3. The van der Waals surface area contributed by atoms with Crippen molar-refractivity contribution in [3.05, 3.63) is 22.0 Å². The van der Waals surface area contributed by atoms with Crippen LogP contribution in [0.1, 0.15) is 13.8 Å². The van der Waals surface area contributed by atoms with Gasteiger partial charge in [0, 0.05) is 5.57 Å². The van der Waals surface area contributed by atoms with Gasteiger partial charge in [0.05, 0.1) is 11.1 Å². The van der Waals surface area contributed by atoms with Crippen molar-refractivity contribution in [3.63, 3.8) is 0 Å². The van der Waals surface area contributed by atoms with Crippen LogP contribution in [0.3, 0.4) is 0 Å². The van der Waals surface area contributed by atoms with E-state index in [0.29, 0.717) is 16.7 Å². The maximum atomic E-state index is 11.2. The first-order chi connectivity index (χ1) is 6.52. The summed E-state index contributed by atoms with van der Waals surface area (Å²) in [6, 6.07) is 0. The third-order valence-corrected chi connectivity index (χ3v) is 2.01. The minimum atomic E-state index is -0.380. The smallest absolute Gasteiger partial charge is 0.333 e. The van der Waals surface area contributed by atoms with Gasteiger partial charge >= 0.3 is 5.97 Å². The monoisotopic (exact) mass is 263 g/mol. The molecule has 0 saturated carbocycles. The molecule has 0 aliphatic rings. The van der Waals surface area contributed by atoms with Crippen molar-refractivity contribution >= 4 is 21.9 Å². The molecule has 0 unspecified atom stereocenters. The van der Waals surface area contributed by atoms with Gasteiger partial charge in [0.1, 0.15) is 5.82 Å². The molecular formula is C8H14BrN3O2. The number of allylic oxidation sites excluding steroid dienone is 2. The predicted octanol–water partition coefficient (Wildman–Crippen LogP) is 0.482. The van der Waals surface area contributed by atoms with Crippen LogP contribution in [-0.4, -0.2) is 12.6 Å². The molecule has 0 aliphatic carbocycles. The molecule has 0 rings (SSSR count). The molecule has 80 valence electrons. The molecule has 0 heterocycles. The topological polar surface area (TPSA) is 90.4 Å². The van der Waals surface area contributed by atoms with Gasteiger partial charge in [-0.1, -0.05) is 0 Å². The zero-order valence-electron chi connectivity index (χ0n) is 8.13. The Hall–Kier alpha value is -1.01. The summed E-state index contributed by atoms with van der Waals surface area (Å²) in [5, 5.41) is 0. The van der Waals surface area contributed by atoms with Crippen LogP contribution in [0.5, 0.6) is 0 Å². The molecule has 14 heavy (non-hydrogen) atoms. The average molecular weight is 264 g/mol. The van der Waals surface area contributed by atoms with Gasteiger partial charge in [-0.05, 0) is 35.9 Å². The highest BCUT2D eigenvalue weighted by Crippen LogP contribution is 2.11. The second-order valence-electron chi connectivity index (χ2n) is 2.45. The molecule has 0 spiro atoms. The van der Waals surface area contributed by atoms with Gasteiger partial charge in [-0.2, -0.15) is 0 Å². The van der Waals surface area contributed by atoms with E-state index in [2.05, 4.69) is 21.4 Å². The lowest BCUT2D eigenvalue weighted by atomic mass is 10.3. The van der Waals surface area contributed by atoms with Crippen LogP contribution in [-0.2, 0) is 9.53 Å². The number of halogens is 1. The van der Waals surface area contributed by atoms with Gasteiger partial charge in [0.2, 0.25) is 0 Å². The van der Waals surface area contributed by atoms with Crippen LogP contribution < -0.4 is 17.0 Å². The Balaban J connectivity index is 4.59. The normalized spacial score (nSPS) is 13.3. The molecule has 6 heteroatoms. The Morgan fingerprint density at radius 2 is 2.21 bits per heavy atom. The number of nitrogens with one attached hydrogen (secondary N) is 1. The number of hydrogen-bond acceptors (Lipinski definition) is 5. The van der Waals surface area contributed by atoms with Crippen LogP contribution in [0.25, 0.3) is 0 Å². The molecule has 0 aromatic rings. The van der Waals surface area contributed by atoms with E-state index in [1.807, 2.05) is 0 Å². The quantitative estimate of drug-likeness (QED) is 0.226. The minimum Gasteiger partial charge on any atom is -0.463 e. The lowest BCUT2D eigenvalue weighted by molar-refractivity contribution is -0.138. The largest absolute Gasteiger partial charge is 0.463 e. The van der Waals surface area contributed by atoms with Crippen LogP contribution in [0.15, 0.2) is 22.0 Å². The van der Waals surface area contributed by atoms with Crippen molar-refractivity contribution in [1.82, 2.24) is 5.43 Å². The number of rotatable bonds is 4. The molecule has 0 saturated heterocycles. The second kappa shape index (κ2) is 6.44. The summed E-state index contributed by atoms with van der Waals surface area (Å²) in [7, 11) is 0. The molecule has 5 nitrogen and oxygen atoms in total. The lowest BCUT2D eigenvalue weighted by Gasteiger charge is -2.03. The Morgan fingerprint density at radius 1 is 1.64 bits per heavy atom. The van der Waals surface area contributed by atoms with E-state index in [0.717, 1.165) is 0 Å². The van der Waals surface area contributed by atoms with E-state index in [9.17, 15) is 4.79 Å². The molecule has 0 aliphatic heterocycles. The van der Waals surface area contributed by atoms with Gasteiger partial charge in [-0.15, -0.1) is 0 Å². The van der Waals surface area contributed by atoms with E-state index >= 15 is 0 Å². The average Bonchev–Trinajstić information content (AvgIpc) is 2.16. The van der Waals surface area contributed by atoms with Gasteiger partial charge in [0.15, 0.2) is 0 Å². The molecule has 0 amide bonds. The van der Waals surface area contributed by atoms with Crippen molar-refractivity contribution in [2.24, 2.45) is 11.6 Å². The molecule has 0 bridgehead atoms. The summed E-state index contributed by atoms with van der Waals surface area (Å²) in [6.45, 7) is 3.71. The van der Waals surface area contributed by atoms with Crippen LogP contribution >= 0.6 is 15.9 Å². The minimum absolute atomic E-state index is 0.244. The van der Waals surface area contributed by atoms with Crippen molar-refractivity contribution in [3.8, 4) is 0 Å². The van der Waals surface area contributed by atoms with E-state index in [1.165, 1.54) is 6.08 Å². The summed E-state index contributed by atoms with van der Waals surface area (Å²) >= 11 is 3.15. The molecule has 0 aromatic heterocycles. The van der Waals surface area contributed by atoms with Crippen LogP contribution in [0, 0.1) is 0 Å². The highest BCUT2D eigenvalue weighted by atomic mass is 79.9. The van der Waals surface area contributed by atoms with Gasteiger partial charge in [-0.25, -0.2) is 10.6 Å². The van der Waals surface area contributed by atoms with E-state index in [-0.39, 0.29) is 11.8 Å². The molecule has 0 radical (unpaired) electrons. The van der Waals surface area contributed by atoms with Crippen molar-refractivity contribution < 1.29 is 9.53 Å². The Labute approximate surface area is 91.3 Å². The number of ether oxygens (including phenoxy) is 1. The fraction of sp³-hybridized carbons (Fsp3) is 0.375. The van der Waals surface area contributed by atoms with E-state index < -0.39 is 0 Å². The van der Waals surface area contributed by atoms with Crippen LogP contribution in [0.4, 0.5) is 0 Å². The third kappa shape index (κ3) is 4.29. The number of carbonyl (C=O) groups excluding carboxylic acids is 1. The number of hydrazine groups is 1. The summed E-state index contributed by atoms with van der Waals surface area (Å²) < 4.78 is 5.28. The van der Waals surface area contributed by atoms with Gasteiger partial charge < -0.3 is 15.9 Å². The number of nitrogens with two attached hydrogens (primary N) is 2. The molecule has 5 N–H and O–H groups in total. The first-order valence-corrected chi connectivity index (χ1v) is 4.79. The van der Waals surface area contributed by atoms with Gasteiger partial charge in [-0.3, -0.25) is 0 Å². The Bertz CT molecular complexity index is 274. The molecule has 0 aromatic carbocycles. The zero-order chi connectivity index (χ0) is 11.1. The van der Waals surface area contributed by atoms with Crippen molar-refractivity contribution in [1.29, 1.82) is 0 Å². The fourth-order valence-electron chi connectivity index (χ4n) is 0.641. The molecule has 0 atom stereocenters. The zero-order valence-corrected chi connectivity index (χ0v) is 9.72. The SMILES string of the molecule is CCOC(=O)/C(C)=C/C(Br)=C(/N)NN. The van der Waals surface area contributed by atoms with E-state index in [4.69, 9.17) is 16.3 Å². The summed E-state index contributed by atoms with van der Waals surface area (Å²) in [6.07, 6.45) is 1.53. The first-order valence-electron chi connectivity index (χ1n) is 4.00. The fourth-order valence-corrected chi connectivity index (χ4v) is 1.10. The maximum absolute atomic E-state index is 11.2. The third-order valence-electron chi connectivity index (χ3n) is 1.35. The summed E-state index contributed by atoms with van der Waals surface area (Å²) in [5.74, 6) is 4.94. The number of esters is 1. The van der Waals surface area contributed by atoms with Crippen molar-refractivity contribution in [2.45, 2.75) is 13.8 Å². The Morgan fingerprint density at radius 3 is 2.64 bits per heavy atom. The summed E-state index contributed by atoms with van der Waals surface area (Å²) in [4.78, 5) is 11.2. The summed E-state index contributed by atoms with van der Waals surface area (Å²) in [5.41, 5.74) is 8.14.